The maximum absolute atomic E-state index is 6.13. The fourth-order valence-electron chi connectivity index (χ4n) is 1.82. The highest BCUT2D eigenvalue weighted by Gasteiger charge is 2.12. The van der Waals surface area contributed by atoms with Gasteiger partial charge in [-0.05, 0) is 63.3 Å². The molecule has 0 unspecified atom stereocenters. The molecule has 0 bridgehead atoms. The summed E-state index contributed by atoms with van der Waals surface area (Å²) in [6, 6.07) is 3.99. The van der Waals surface area contributed by atoms with Gasteiger partial charge in [-0.3, -0.25) is 0 Å². The number of halogens is 1. The average Bonchev–Trinajstić information content (AvgIpc) is 2.21. The molecule has 2 nitrogen and oxygen atoms in total. The highest BCUT2D eigenvalue weighted by Crippen LogP contribution is 2.28. The molecule has 0 atom stereocenters. The van der Waals surface area contributed by atoms with Crippen molar-refractivity contribution in [1.82, 2.24) is 0 Å². The van der Waals surface area contributed by atoms with Crippen molar-refractivity contribution >= 4 is 11.6 Å². The summed E-state index contributed by atoms with van der Waals surface area (Å²) in [7, 11) is 1.69. The lowest BCUT2D eigenvalue weighted by atomic mass is 9.96. The van der Waals surface area contributed by atoms with Crippen molar-refractivity contribution in [2.75, 3.05) is 7.11 Å². The lowest BCUT2D eigenvalue weighted by Crippen LogP contribution is -2.31. The maximum atomic E-state index is 6.13. The average molecular weight is 256 g/mol. The first-order chi connectivity index (χ1) is 7.83. The van der Waals surface area contributed by atoms with Gasteiger partial charge in [-0.2, -0.15) is 0 Å². The summed E-state index contributed by atoms with van der Waals surface area (Å²) in [5.74, 6) is 0.918. The van der Waals surface area contributed by atoms with Gasteiger partial charge in [0.2, 0.25) is 0 Å². The molecule has 0 radical (unpaired) electrons. The van der Waals surface area contributed by atoms with Gasteiger partial charge in [-0.15, -0.1) is 0 Å². The molecule has 1 rings (SSSR count). The van der Waals surface area contributed by atoms with Gasteiger partial charge < -0.3 is 10.5 Å². The number of hydrogen-bond donors (Lipinski definition) is 1. The molecule has 0 heterocycles. The molecule has 0 saturated carbocycles. The van der Waals surface area contributed by atoms with Crippen LogP contribution in [0.1, 0.15) is 37.8 Å². The van der Waals surface area contributed by atoms with Crippen molar-refractivity contribution in [3.63, 3.8) is 0 Å². The fourth-order valence-corrected chi connectivity index (χ4v) is 2.00. The summed E-state index contributed by atoms with van der Waals surface area (Å²) >= 11 is 6.13. The standard InChI is InChI=1S/C14H22ClNO/c1-10-8-13(17-4)11(9-12(10)15)6-5-7-14(2,3)16/h8-9H,5-7,16H2,1-4H3. The van der Waals surface area contributed by atoms with E-state index in [1.165, 1.54) is 0 Å². The number of ether oxygens (including phenoxy) is 1. The van der Waals surface area contributed by atoms with E-state index in [0.717, 1.165) is 41.2 Å². The topological polar surface area (TPSA) is 35.2 Å². The van der Waals surface area contributed by atoms with Crippen LogP contribution >= 0.6 is 11.6 Å². The second kappa shape index (κ2) is 5.74. The quantitative estimate of drug-likeness (QED) is 0.870. The van der Waals surface area contributed by atoms with Crippen molar-refractivity contribution in [1.29, 1.82) is 0 Å². The van der Waals surface area contributed by atoms with Crippen LogP contribution < -0.4 is 10.5 Å². The van der Waals surface area contributed by atoms with E-state index in [1.807, 2.05) is 32.9 Å². The van der Waals surface area contributed by atoms with E-state index in [4.69, 9.17) is 22.1 Å². The number of hydrogen-bond acceptors (Lipinski definition) is 2. The van der Waals surface area contributed by atoms with Gasteiger partial charge in [0.1, 0.15) is 5.75 Å². The highest BCUT2D eigenvalue weighted by atomic mass is 35.5. The Morgan fingerprint density at radius 1 is 1.35 bits per heavy atom. The SMILES string of the molecule is COc1cc(C)c(Cl)cc1CCCC(C)(C)N. The summed E-state index contributed by atoms with van der Waals surface area (Å²) < 4.78 is 5.37. The first-order valence-electron chi connectivity index (χ1n) is 5.95. The summed E-state index contributed by atoms with van der Waals surface area (Å²) in [5.41, 5.74) is 8.06. The minimum absolute atomic E-state index is 0.109. The van der Waals surface area contributed by atoms with E-state index in [-0.39, 0.29) is 5.54 Å². The molecule has 17 heavy (non-hydrogen) atoms. The number of aryl methyl sites for hydroxylation is 2. The zero-order valence-corrected chi connectivity index (χ0v) is 11.9. The van der Waals surface area contributed by atoms with E-state index >= 15 is 0 Å². The first-order valence-corrected chi connectivity index (χ1v) is 6.33. The minimum atomic E-state index is -0.109. The molecule has 0 saturated heterocycles. The largest absolute Gasteiger partial charge is 0.496 e. The van der Waals surface area contributed by atoms with Crippen LogP contribution in [0.4, 0.5) is 0 Å². The molecule has 0 aliphatic rings. The monoisotopic (exact) mass is 255 g/mol. The molecule has 96 valence electrons. The van der Waals surface area contributed by atoms with Crippen LogP contribution in [0.15, 0.2) is 12.1 Å². The lowest BCUT2D eigenvalue weighted by Gasteiger charge is -2.18. The smallest absolute Gasteiger partial charge is 0.122 e. The lowest BCUT2D eigenvalue weighted by molar-refractivity contribution is 0.405. The van der Waals surface area contributed by atoms with Gasteiger partial charge in [0.05, 0.1) is 7.11 Å². The number of methoxy groups -OCH3 is 1. The maximum Gasteiger partial charge on any atom is 0.122 e. The van der Waals surface area contributed by atoms with Crippen molar-refractivity contribution < 1.29 is 4.74 Å². The van der Waals surface area contributed by atoms with E-state index in [2.05, 4.69) is 0 Å². The van der Waals surface area contributed by atoms with Gasteiger partial charge >= 0.3 is 0 Å². The second-order valence-electron chi connectivity index (χ2n) is 5.26. The van der Waals surface area contributed by atoms with Crippen LogP contribution in [0.3, 0.4) is 0 Å². The Morgan fingerprint density at radius 3 is 2.53 bits per heavy atom. The Balaban J connectivity index is 2.73. The van der Waals surface area contributed by atoms with E-state index in [9.17, 15) is 0 Å². The molecule has 0 aliphatic heterocycles. The number of benzene rings is 1. The normalized spacial score (nSPS) is 11.6. The van der Waals surface area contributed by atoms with Crippen molar-refractivity contribution in [2.24, 2.45) is 5.73 Å². The van der Waals surface area contributed by atoms with Crippen molar-refractivity contribution in [3.8, 4) is 5.75 Å². The molecule has 0 spiro atoms. The second-order valence-corrected chi connectivity index (χ2v) is 5.66. The molecular formula is C14H22ClNO. The number of rotatable bonds is 5. The van der Waals surface area contributed by atoms with Gasteiger partial charge in [-0.25, -0.2) is 0 Å². The van der Waals surface area contributed by atoms with Gasteiger partial charge in [0.25, 0.3) is 0 Å². The fraction of sp³-hybridized carbons (Fsp3) is 0.571. The Labute approximate surface area is 109 Å². The predicted octanol–water partition coefficient (Wildman–Crippen LogP) is 3.72. The van der Waals surface area contributed by atoms with Crippen LogP contribution in [0.25, 0.3) is 0 Å². The Morgan fingerprint density at radius 2 is 2.00 bits per heavy atom. The number of nitrogens with two attached hydrogens (primary N) is 1. The van der Waals surface area contributed by atoms with Crippen LogP contribution in [0.5, 0.6) is 5.75 Å². The van der Waals surface area contributed by atoms with Crippen molar-refractivity contribution in [3.05, 3.63) is 28.3 Å². The molecule has 0 amide bonds. The van der Waals surface area contributed by atoms with Gasteiger partial charge in [-0.1, -0.05) is 11.6 Å². The third kappa shape index (κ3) is 4.57. The molecule has 1 aromatic rings. The summed E-state index contributed by atoms with van der Waals surface area (Å²) in [6.45, 7) is 6.08. The van der Waals surface area contributed by atoms with Crippen LogP contribution in [-0.4, -0.2) is 12.6 Å². The van der Waals surface area contributed by atoms with Crippen molar-refractivity contribution in [2.45, 2.75) is 45.6 Å². The minimum Gasteiger partial charge on any atom is -0.496 e. The summed E-state index contributed by atoms with van der Waals surface area (Å²) in [5, 5.41) is 0.799. The predicted molar refractivity (Wildman–Crippen MR) is 73.9 cm³/mol. The van der Waals surface area contributed by atoms with Crippen LogP contribution in [0.2, 0.25) is 5.02 Å². The molecule has 0 fully saturated rings. The van der Waals surface area contributed by atoms with E-state index < -0.39 is 0 Å². The van der Waals surface area contributed by atoms with E-state index in [0.29, 0.717) is 0 Å². The summed E-state index contributed by atoms with van der Waals surface area (Å²) in [4.78, 5) is 0. The first kappa shape index (κ1) is 14.3. The molecule has 3 heteroatoms. The zero-order valence-electron chi connectivity index (χ0n) is 11.1. The highest BCUT2D eigenvalue weighted by molar-refractivity contribution is 6.31. The van der Waals surface area contributed by atoms with Crippen LogP contribution in [0, 0.1) is 6.92 Å². The molecule has 2 N–H and O–H groups in total. The molecule has 0 aromatic heterocycles. The van der Waals surface area contributed by atoms with Crippen LogP contribution in [-0.2, 0) is 6.42 Å². The third-order valence-corrected chi connectivity index (χ3v) is 3.24. The zero-order chi connectivity index (χ0) is 13.1. The Bertz CT molecular complexity index is 383. The Hall–Kier alpha value is -0.730. The molecule has 1 aromatic carbocycles. The molecular weight excluding hydrogens is 234 g/mol. The van der Waals surface area contributed by atoms with E-state index in [1.54, 1.807) is 7.11 Å². The third-order valence-electron chi connectivity index (χ3n) is 2.83. The van der Waals surface area contributed by atoms with Gasteiger partial charge in [0.15, 0.2) is 0 Å². The summed E-state index contributed by atoms with van der Waals surface area (Å²) in [6.07, 6.45) is 2.98. The molecule has 0 aliphatic carbocycles. The Kier molecular flexibility index (Phi) is 4.84. The van der Waals surface area contributed by atoms with Gasteiger partial charge in [0, 0.05) is 10.6 Å².